The first-order chi connectivity index (χ1) is 12.9. The Morgan fingerprint density at radius 2 is 1.78 bits per heavy atom. The molecule has 2 aliphatic rings. The van der Waals surface area contributed by atoms with Crippen LogP contribution in [0.1, 0.15) is 37.1 Å². The molecule has 0 aliphatic carbocycles. The van der Waals surface area contributed by atoms with Crippen LogP contribution in [0, 0.1) is 16.0 Å². The number of non-ortho nitro benzene ring substituents is 1. The quantitative estimate of drug-likeness (QED) is 0.559. The molecule has 0 aromatic heterocycles. The number of hydrogen-bond acceptors (Lipinski definition) is 6. The maximum absolute atomic E-state index is 12.2. The van der Waals surface area contributed by atoms with Gasteiger partial charge in [-0.15, -0.1) is 0 Å². The summed E-state index contributed by atoms with van der Waals surface area (Å²) in [4.78, 5) is 22.8. The number of nitro groups is 1. The van der Waals surface area contributed by atoms with Gasteiger partial charge in [0.2, 0.25) is 5.91 Å². The standard InChI is InChI=1S/C19H20N4O4/c1-9(2)17-12-7-14-15(8-13(12)22-19(17)24)21-18(20-14)11-5-4-10(23(25)26)6-16(11)27-3/h4-9,17-18,20-21H,1-3H3,(H,22,24). The molecule has 2 aromatic carbocycles. The van der Waals surface area contributed by atoms with Crippen molar-refractivity contribution in [3.8, 4) is 5.75 Å². The third-order valence-corrected chi connectivity index (χ3v) is 5.07. The van der Waals surface area contributed by atoms with E-state index >= 15 is 0 Å². The average Bonchev–Trinajstić information content (AvgIpc) is 3.17. The number of carbonyl (C=O) groups excluding carboxylic acids is 1. The van der Waals surface area contributed by atoms with Crippen molar-refractivity contribution in [1.82, 2.24) is 0 Å². The molecule has 2 heterocycles. The van der Waals surface area contributed by atoms with Crippen LogP contribution in [0.5, 0.6) is 5.75 Å². The number of benzene rings is 2. The first-order valence-corrected chi connectivity index (χ1v) is 8.73. The minimum absolute atomic E-state index is 0.0208. The monoisotopic (exact) mass is 368 g/mol. The molecule has 8 nitrogen and oxygen atoms in total. The topological polar surface area (TPSA) is 106 Å². The Labute approximate surface area is 156 Å². The molecule has 2 unspecified atom stereocenters. The molecule has 4 rings (SSSR count). The smallest absolute Gasteiger partial charge is 0.273 e. The van der Waals surface area contributed by atoms with Gasteiger partial charge in [-0.1, -0.05) is 13.8 Å². The Bertz CT molecular complexity index is 957. The summed E-state index contributed by atoms with van der Waals surface area (Å²) in [5.41, 5.74) is 4.31. The summed E-state index contributed by atoms with van der Waals surface area (Å²) >= 11 is 0. The number of ether oxygens (including phenoxy) is 1. The molecule has 0 saturated carbocycles. The van der Waals surface area contributed by atoms with Crippen molar-refractivity contribution >= 4 is 28.7 Å². The molecule has 0 radical (unpaired) electrons. The van der Waals surface area contributed by atoms with Crippen LogP contribution >= 0.6 is 0 Å². The van der Waals surface area contributed by atoms with Gasteiger partial charge in [0.1, 0.15) is 11.9 Å². The van der Waals surface area contributed by atoms with E-state index in [0.717, 1.165) is 28.2 Å². The molecule has 2 aliphatic heterocycles. The van der Waals surface area contributed by atoms with Gasteiger partial charge >= 0.3 is 0 Å². The predicted octanol–water partition coefficient (Wildman–Crippen LogP) is 3.83. The lowest BCUT2D eigenvalue weighted by atomic mass is 9.89. The highest BCUT2D eigenvalue weighted by atomic mass is 16.6. The van der Waals surface area contributed by atoms with Crippen LogP contribution in [0.15, 0.2) is 30.3 Å². The number of rotatable bonds is 4. The van der Waals surface area contributed by atoms with Crippen molar-refractivity contribution in [1.29, 1.82) is 0 Å². The van der Waals surface area contributed by atoms with Crippen molar-refractivity contribution in [3.05, 3.63) is 51.6 Å². The van der Waals surface area contributed by atoms with Crippen molar-refractivity contribution in [3.63, 3.8) is 0 Å². The molecule has 2 atom stereocenters. The fraction of sp³-hybridized carbons (Fsp3) is 0.316. The highest BCUT2D eigenvalue weighted by Gasteiger charge is 2.35. The van der Waals surface area contributed by atoms with Gasteiger partial charge in [-0.05, 0) is 29.7 Å². The van der Waals surface area contributed by atoms with Crippen LogP contribution in [0.4, 0.5) is 22.7 Å². The minimum atomic E-state index is -0.449. The Kier molecular flexibility index (Phi) is 3.91. The normalized spacial score (nSPS) is 19.8. The molecule has 0 saturated heterocycles. The Morgan fingerprint density at radius 3 is 2.41 bits per heavy atom. The lowest BCUT2D eigenvalue weighted by Gasteiger charge is -2.16. The average molecular weight is 368 g/mol. The van der Waals surface area contributed by atoms with Crippen molar-refractivity contribution in [2.24, 2.45) is 5.92 Å². The Hall–Kier alpha value is -3.29. The van der Waals surface area contributed by atoms with Gasteiger partial charge in [0.25, 0.3) is 5.69 Å². The second-order valence-electron chi connectivity index (χ2n) is 7.10. The van der Waals surface area contributed by atoms with Gasteiger partial charge < -0.3 is 20.7 Å². The van der Waals surface area contributed by atoms with Crippen LogP contribution < -0.4 is 20.7 Å². The zero-order chi connectivity index (χ0) is 19.3. The third-order valence-electron chi connectivity index (χ3n) is 5.07. The largest absolute Gasteiger partial charge is 0.496 e. The van der Waals surface area contributed by atoms with Crippen molar-refractivity contribution in [2.75, 3.05) is 23.1 Å². The lowest BCUT2D eigenvalue weighted by molar-refractivity contribution is -0.384. The number of anilines is 3. The number of nitrogens with zero attached hydrogens (tertiary/aromatic N) is 1. The molecule has 0 spiro atoms. The van der Waals surface area contributed by atoms with E-state index in [-0.39, 0.29) is 29.6 Å². The van der Waals surface area contributed by atoms with Crippen LogP contribution in [-0.4, -0.2) is 17.9 Å². The molecule has 1 amide bonds. The van der Waals surface area contributed by atoms with Gasteiger partial charge in [-0.25, -0.2) is 0 Å². The van der Waals surface area contributed by atoms with Gasteiger partial charge in [-0.3, -0.25) is 14.9 Å². The van der Waals surface area contributed by atoms with Gasteiger partial charge in [-0.2, -0.15) is 0 Å². The molecule has 3 N–H and O–H groups in total. The molecular weight excluding hydrogens is 348 g/mol. The fourth-order valence-corrected chi connectivity index (χ4v) is 3.79. The maximum atomic E-state index is 12.2. The SMILES string of the molecule is COc1cc([N+](=O)[O-])ccc1C1Nc2cc3c(cc2N1)C(C(C)C)C(=O)N3. The van der Waals surface area contributed by atoms with E-state index in [4.69, 9.17) is 4.74 Å². The maximum Gasteiger partial charge on any atom is 0.273 e. The van der Waals surface area contributed by atoms with Crippen LogP contribution in [0.2, 0.25) is 0 Å². The number of hydrogen-bond donors (Lipinski definition) is 3. The molecule has 2 aromatic rings. The van der Waals surface area contributed by atoms with Gasteiger partial charge in [0.05, 0.1) is 35.4 Å². The summed E-state index contributed by atoms with van der Waals surface area (Å²) in [6.07, 6.45) is -0.286. The van der Waals surface area contributed by atoms with E-state index in [0.29, 0.717) is 5.75 Å². The zero-order valence-corrected chi connectivity index (χ0v) is 15.2. The highest BCUT2D eigenvalue weighted by molar-refractivity contribution is 6.05. The Morgan fingerprint density at radius 1 is 1.07 bits per heavy atom. The Balaban J connectivity index is 1.67. The van der Waals surface area contributed by atoms with Crippen LogP contribution in [-0.2, 0) is 4.79 Å². The summed E-state index contributed by atoms with van der Waals surface area (Å²) in [7, 11) is 1.49. The van der Waals surface area contributed by atoms with Crippen molar-refractivity contribution < 1.29 is 14.5 Å². The summed E-state index contributed by atoms with van der Waals surface area (Å²) in [6, 6.07) is 8.48. The van der Waals surface area contributed by atoms with E-state index in [1.54, 1.807) is 6.07 Å². The van der Waals surface area contributed by atoms with Gasteiger partial charge in [0.15, 0.2) is 0 Å². The van der Waals surface area contributed by atoms with E-state index in [1.165, 1.54) is 19.2 Å². The second kappa shape index (κ2) is 6.15. The summed E-state index contributed by atoms with van der Waals surface area (Å²) in [5.74, 6) is 0.490. The van der Waals surface area contributed by atoms with Crippen molar-refractivity contribution in [2.45, 2.75) is 25.9 Å². The molecule has 0 bridgehead atoms. The highest BCUT2D eigenvalue weighted by Crippen LogP contribution is 2.46. The summed E-state index contributed by atoms with van der Waals surface area (Å²) in [6.45, 7) is 4.06. The number of fused-ring (bicyclic) bond motifs is 2. The van der Waals surface area contributed by atoms with Gasteiger partial charge in [0, 0.05) is 17.3 Å². The molecule has 0 fully saturated rings. The van der Waals surface area contributed by atoms with Crippen LogP contribution in [0.25, 0.3) is 0 Å². The predicted molar refractivity (Wildman–Crippen MR) is 102 cm³/mol. The number of methoxy groups -OCH3 is 1. The first-order valence-electron chi connectivity index (χ1n) is 8.73. The molecule has 8 heteroatoms. The summed E-state index contributed by atoms with van der Waals surface area (Å²) < 4.78 is 5.35. The number of nitrogens with one attached hydrogen (secondary N) is 3. The second-order valence-corrected chi connectivity index (χ2v) is 7.10. The van der Waals surface area contributed by atoms with E-state index in [9.17, 15) is 14.9 Å². The summed E-state index contributed by atoms with van der Waals surface area (Å²) in [5, 5.41) is 20.7. The lowest BCUT2D eigenvalue weighted by Crippen LogP contribution is -2.17. The minimum Gasteiger partial charge on any atom is -0.496 e. The molecular formula is C19H20N4O4. The molecule has 140 valence electrons. The van der Waals surface area contributed by atoms with E-state index < -0.39 is 4.92 Å². The number of nitro benzene ring substituents is 1. The van der Waals surface area contributed by atoms with E-state index in [2.05, 4.69) is 16.0 Å². The number of carbonyl (C=O) groups is 1. The first kappa shape index (κ1) is 17.1. The number of amides is 1. The zero-order valence-electron chi connectivity index (χ0n) is 15.2. The third kappa shape index (κ3) is 2.73. The van der Waals surface area contributed by atoms with E-state index in [1.807, 2.05) is 26.0 Å². The molecule has 27 heavy (non-hydrogen) atoms. The fourth-order valence-electron chi connectivity index (χ4n) is 3.79. The van der Waals surface area contributed by atoms with Crippen LogP contribution in [0.3, 0.4) is 0 Å².